The summed E-state index contributed by atoms with van der Waals surface area (Å²) in [4.78, 5) is 36.9. The molecule has 28 heavy (non-hydrogen) atoms. The number of rotatable bonds is 8. The van der Waals surface area contributed by atoms with Crippen molar-refractivity contribution in [2.24, 2.45) is 11.3 Å². The molecule has 0 radical (unpaired) electrons. The van der Waals surface area contributed by atoms with E-state index < -0.39 is 23.4 Å². The van der Waals surface area contributed by atoms with Crippen LogP contribution >= 0.6 is 0 Å². The molecular formula is C21H33N3O4. The summed E-state index contributed by atoms with van der Waals surface area (Å²) in [6, 6.07) is 7.49. The molecular weight excluding hydrogens is 358 g/mol. The molecule has 0 bridgehead atoms. The van der Waals surface area contributed by atoms with Crippen molar-refractivity contribution in [3.8, 4) is 0 Å². The number of imide groups is 1. The predicted molar refractivity (Wildman–Crippen MR) is 107 cm³/mol. The Balaban J connectivity index is 2.67. The standard InChI is InChI=1S/C21H33N3O4/c1-15(2)10-9-13-17(25)24(28)20(27)23-18(21(3,4)5)19(26)22-14-16-11-7-6-8-12-16/h6-8,11-12,15,18,28H,9-10,13-14H2,1-5H3,(H,22,26)(H,23,27). The Kier molecular flexibility index (Phi) is 9.12. The third kappa shape index (κ3) is 8.08. The van der Waals surface area contributed by atoms with Crippen LogP contribution in [0.25, 0.3) is 0 Å². The zero-order valence-electron chi connectivity index (χ0n) is 17.5. The van der Waals surface area contributed by atoms with Crippen LogP contribution in [0.5, 0.6) is 0 Å². The Morgan fingerprint density at radius 1 is 1.11 bits per heavy atom. The number of hydroxylamine groups is 2. The first kappa shape index (κ1) is 23.6. The molecule has 0 saturated heterocycles. The molecule has 1 aromatic carbocycles. The van der Waals surface area contributed by atoms with Crippen LogP contribution in [-0.2, 0) is 16.1 Å². The minimum Gasteiger partial charge on any atom is -0.350 e. The van der Waals surface area contributed by atoms with Crippen molar-refractivity contribution in [2.75, 3.05) is 0 Å². The van der Waals surface area contributed by atoms with Crippen molar-refractivity contribution in [2.45, 2.75) is 66.5 Å². The zero-order valence-corrected chi connectivity index (χ0v) is 17.5. The van der Waals surface area contributed by atoms with Gasteiger partial charge in [-0.1, -0.05) is 71.4 Å². The summed E-state index contributed by atoms with van der Waals surface area (Å²) in [5.41, 5.74) is 0.316. The van der Waals surface area contributed by atoms with E-state index in [1.165, 1.54) is 0 Å². The van der Waals surface area contributed by atoms with Gasteiger partial charge in [-0.25, -0.2) is 4.79 Å². The van der Waals surface area contributed by atoms with Gasteiger partial charge < -0.3 is 10.6 Å². The Labute approximate surface area is 167 Å². The Morgan fingerprint density at radius 2 is 1.71 bits per heavy atom. The highest BCUT2D eigenvalue weighted by Gasteiger charge is 2.34. The van der Waals surface area contributed by atoms with Crippen LogP contribution in [0.4, 0.5) is 4.79 Å². The molecule has 7 heteroatoms. The molecule has 1 rings (SSSR count). The largest absolute Gasteiger partial charge is 0.350 e. The maximum absolute atomic E-state index is 12.6. The van der Waals surface area contributed by atoms with Crippen molar-refractivity contribution in [1.82, 2.24) is 15.7 Å². The lowest BCUT2D eigenvalue weighted by Gasteiger charge is -2.31. The molecule has 0 spiro atoms. The molecule has 0 saturated carbocycles. The molecule has 0 aromatic heterocycles. The number of nitrogens with zero attached hydrogens (tertiary/aromatic N) is 1. The number of amides is 4. The summed E-state index contributed by atoms with van der Waals surface area (Å²) >= 11 is 0. The van der Waals surface area contributed by atoms with E-state index in [2.05, 4.69) is 10.6 Å². The van der Waals surface area contributed by atoms with Gasteiger partial charge in [0.1, 0.15) is 6.04 Å². The lowest BCUT2D eigenvalue weighted by Crippen LogP contribution is -2.56. The molecule has 3 N–H and O–H groups in total. The molecule has 0 fully saturated rings. The summed E-state index contributed by atoms with van der Waals surface area (Å²) in [6.45, 7) is 9.79. The fraction of sp³-hybridized carbons (Fsp3) is 0.571. The van der Waals surface area contributed by atoms with Gasteiger partial charge in [0, 0.05) is 13.0 Å². The molecule has 0 heterocycles. The van der Waals surface area contributed by atoms with E-state index in [4.69, 9.17) is 0 Å². The molecule has 1 aromatic rings. The topological polar surface area (TPSA) is 98.7 Å². The quantitative estimate of drug-likeness (QED) is 0.467. The summed E-state index contributed by atoms with van der Waals surface area (Å²) in [6.07, 6.45) is 1.48. The number of nitrogens with one attached hydrogen (secondary N) is 2. The highest BCUT2D eigenvalue weighted by Crippen LogP contribution is 2.20. The van der Waals surface area contributed by atoms with Crippen LogP contribution in [-0.4, -0.2) is 34.2 Å². The maximum atomic E-state index is 12.6. The smallest absolute Gasteiger partial charge is 0.349 e. The average molecular weight is 392 g/mol. The summed E-state index contributed by atoms with van der Waals surface area (Å²) in [5, 5.41) is 15.2. The average Bonchev–Trinajstić information content (AvgIpc) is 2.62. The molecule has 156 valence electrons. The van der Waals surface area contributed by atoms with Crippen LogP contribution < -0.4 is 10.6 Å². The molecule has 0 aliphatic heterocycles. The number of hydrogen-bond acceptors (Lipinski definition) is 4. The Morgan fingerprint density at radius 3 is 2.25 bits per heavy atom. The number of hydrogen-bond donors (Lipinski definition) is 3. The molecule has 0 aliphatic rings. The molecule has 0 aliphatic carbocycles. The van der Waals surface area contributed by atoms with E-state index in [-0.39, 0.29) is 17.4 Å². The molecule has 4 amide bonds. The van der Waals surface area contributed by atoms with Gasteiger partial charge in [0.25, 0.3) is 5.91 Å². The van der Waals surface area contributed by atoms with E-state index >= 15 is 0 Å². The van der Waals surface area contributed by atoms with Crippen molar-refractivity contribution >= 4 is 17.8 Å². The van der Waals surface area contributed by atoms with Gasteiger partial charge in [-0.2, -0.15) is 0 Å². The van der Waals surface area contributed by atoms with Crippen molar-refractivity contribution < 1.29 is 19.6 Å². The maximum Gasteiger partial charge on any atom is 0.349 e. The Bertz CT molecular complexity index is 653. The first-order valence-electron chi connectivity index (χ1n) is 9.66. The lowest BCUT2D eigenvalue weighted by molar-refractivity contribution is -0.153. The van der Waals surface area contributed by atoms with Crippen molar-refractivity contribution in [3.05, 3.63) is 35.9 Å². The van der Waals surface area contributed by atoms with Gasteiger partial charge in [0.15, 0.2) is 0 Å². The van der Waals surface area contributed by atoms with Crippen LogP contribution in [0, 0.1) is 11.3 Å². The Hall–Kier alpha value is -2.41. The lowest BCUT2D eigenvalue weighted by atomic mass is 9.86. The van der Waals surface area contributed by atoms with Crippen LogP contribution in [0.3, 0.4) is 0 Å². The summed E-state index contributed by atoms with van der Waals surface area (Å²) in [7, 11) is 0. The first-order chi connectivity index (χ1) is 13.0. The fourth-order valence-corrected chi connectivity index (χ4v) is 2.63. The minimum absolute atomic E-state index is 0.0719. The fourth-order valence-electron chi connectivity index (χ4n) is 2.63. The van der Waals surface area contributed by atoms with Crippen molar-refractivity contribution in [3.63, 3.8) is 0 Å². The van der Waals surface area contributed by atoms with E-state index in [1.807, 2.05) is 44.2 Å². The minimum atomic E-state index is -0.996. The van der Waals surface area contributed by atoms with Crippen LogP contribution in [0.1, 0.15) is 59.4 Å². The summed E-state index contributed by atoms with van der Waals surface area (Å²) in [5.74, 6) is -0.631. The SMILES string of the molecule is CC(C)CCCC(=O)N(O)C(=O)NC(C(=O)NCc1ccccc1)C(C)(C)C. The number of carbonyl (C=O) groups is 3. The third-order valence-corrected chi connectivity index (χ3v) is 4.31. The van der Waals surface area contributed by atoms with Gasteiger partial charge in [0.2, 0.25) is 5.91 Å². The monoisotopic (exact) mass is 391 g/mol. The van der Waals surface area contributed by atoms with Crippen molar-refractivity contribution in [1.29, 1.82) is 0 Å². The highest BCUT2D eigenvalue weighted by atomic mass is 16.5. The summed E-state index contributed by atoms with van der Waals surface area (Å²) < 4.78 is 0. The van der Waals surface area contributed by atoms with Gasteiger partial charge in [-0.3, -0.25) is 14.8 Å². The van der Waals surface area contributed by atoms with E-state index in [0.29, 0.717) is 18.9 Å². The van der Waals surface area contributed by atoms with Gasteiger partial charge >= 0.3 is 6.03 Å². The number of benzene rings is 1. The molecule has 1 atom stereocenters. The predicted octanol–water partition coefficient (Wildman–Crippen LogP) is 3.47. The van der Waals surface area contributed by atoms with E-state index in [1.54, 1.807) is 20.8 Å². The third-order valence-electron chi connectivity index (χ3n) is 4.31. The van der Waals surface area contributed by atoms with Gasteiger partial charge in [-0.05, 0) is 23.3 Å². The van der Waals surface area contributed by atoms with Crippen LogP contribution in [0.15, 0.2) is 30.3 Å². The molecule has 1 unspecified atom stereocenters. The second-order valence-corrected chi connectivity index (χ2v) is 8.44. The second-order valence-electron chi connectivity index (χ2n) is 8.44. The van der Waals surface area contributed by atoms with Gasteiger partial charge in [-0.15, -0.1) is 5.06 Å². The van der Waals surface area contributed by atoms with E-state index in [0.717, 1.165) is 12.0 Å². The van der Waals surface area contributed by atoms with E-state index in [9.17, 15) is 19.6 Å². The second kappa shape index (κ2) is 10.8. The molecule has 7 nitrogen and oxygen atoms in total. The highest BCUT2D eigenvalue weighted by molar-refractivity contribution is 5.95. The van der Waals surface area contributed by atoms with Crippen LogP contribution in [0.2, 0.25) is 0 Å². The first-order valence-corrected chi connectivity index (χ1v) is 9.66. The number of urea groups is 1. The van der Waals surface area contributed by atoms with Gasteiger partial charge in [0.05, 0.1) is 0 Å². The zero-order chi connectivity index (χ0) is 21.3. The normalized spacial score (nSPS) is 12.4. The number of carbonyl (C=O) groups excluding carboxylic acids is 3.